The van der Waals surface area contributed by atoms with Gasteiger partial charge in [-0.1, -0.05) is 18.5 Å². The van der Waals surface area contributed by atoms with Crippen LogP contribution < -0.4 is 5.32 Å². The molecule has 0 saturated carbocycles. The van der Waals surface area contributed by atoms with E-state index in [9.17, 15) is 8.78 Å². The van der Waals surface area contributed by atoms with Crippen LogP contribution in [0.2, 0.25) is 4.34 Å². The highest BCUT2D eigenvalue weighted by atomic mass is 79.9. The largest absolute Gasteiger partial charge is 0.306 e. The molecule has 1 atom stereocenters. The Bertz CT molecular complexity index is 588. The van der Waals surface area contributed by atoms with Gasteiger partial charge in [-0.2, -0.15) is 0 Å². The normalized spacial score (nSPS) is 12.7. The summed E-state index contributed by atoms with van der Waals surface area (Å²) < 4.78 is 28.4. The van der Waals surface area contributed by atoms with Gasteiger partial charge in [0.1, 0.15) is 11.6 Å². The zero-order valence-electron chi connectivity index (χ0n) is 10.0. The molecule has 1 N–H and O–H groups in total. The van der Waals surface area contributed by atoms with Gasteiger partial charge < -0.3 is 5.32 Å². The lowest BCUT2D eigenvalue weighted by molar-refractivity contribution is 0.545. The third kappa shape index (κ3) is 3.34. The van der Waals surface area contributed by atoms with Crippen LogP contribution in [0.4, 0.5) is 8.78 Å². The zero-order chi connectivity index (χ0) is 14.0. The molecule has 0 saturated heterocycles. The maximum absolute atomic E-state index is 14.0. The molecular formula is C13H11BrClF2NS. The first-order valence-corrected chi connectivity index (χ1v) is 7.64. The van der Waals surface area contributed by atoms with Gasteiger partial charge in [0.05, 0.1) is 14.9 Å². The van der Waals surface area contributed by atoms with Gasteiger partial charge in [0.25, 0.3) is 0 Å². The van der Waals surface area contributed by atoms with Crippen LogP contribution in [0.15, 0.2) is 28.7 Å². The number of nitrogens with one attached hydrogen (secondary N) is 1. The van der Waals surface area contributed by atoms with Crippen molar-refractivity contribution in [1.29, 1.82) is 0 Å². The predicted molar refractivity (Wildman–Crippen MR) is 78.9 cm³/mol. The zero-order valence-corrected chi connectivity index (χ0v) is 13.2. The smallest absolute Gasteiger partial charge is 0.137 e. The minimum atomic E-state index is -0.484. The number of halogens is 4. The molecule has 102 valence electrons. The Balaban J connectivity index is 2.47. The molecule has 19 heavy (non-hydrogen) atoms. The molecule has 2 aromatic rings. The van der Waals surface area contributed by atoms with E-state index in [1.807, 2.05) is 13.0 Å². The lowest BCUT2D eigenvalue weighted by Gasteiger charge is -2.18. The van der Waals surface area contributed by atoms with E-state index in [1.54, 1.807) is 6.07 Å². The maximum atomic E-state index is 14.0. The molecule has 0 aliphatic carbocycles. The van der Waals surface area contributed by atoms with E-state index >= 15 is 0 Å². The van der Waals surface area contributed by atoms with Gasteiger partial charge in [-0.05, 0) is 46.7 Å². The molecule has 1 aromatic carbocycles. The summed E-state index contributed by atoms with van der Waals surface area (Å²) >= 11 is 10.2. The van der Waals surface area contributed by atoms with Crippen molar-refractivity contribution < 1.29 is 8.78 Å². The van der Waals surface area contributed by atoms with E-state index < -0.39 is 17.7 Å². The van der Waals surface area contributed by atoms with Crippen molar-refractivity contribution in [1.82, 2.24) is 5.32 Å². The van der Waals surface area contributed by atoms with Crippen LogP contribution in [0.25, 0.3) is 0 Å². The van der Waals surface area contributed by atoms with Gasteiger partial charge in [-0.3, -0.25) is 0 Å². The summed E-state index contributed by atoms with van der Waals surface area (Å²) in [5.41, 5.74) is 0.279. The molecule has 6 heteroatoms. The van der Waals surface area contributed by atoms with Crippen LogP contribution in [0.1, 0.15) is 23.4 Å². The topological polar surface area (TPSA) is 12.0 Å². The van der Waals surface area contributed by atoms with Gasteiger partial charge in [0, 0.05) is 10.4 Å². The first-order valence-electron chi connectivity index (χ1n) is 5.66. The van der Waals surface area contributed by atoms with Gasteiger partial charge in [-0.15, -0.1) is 11.3 Å². The highest BCUT2D eigenvalue weighted by molar-refractivity contribution is 9.10. The van der Waals surface area contributed by atoms with Gasteiger partial charge >= 0.3 is 0 Å². The van der Waals surface area contributed by atoms with Crippen molar-refractivity contribution in [2.75, 3.05) is 6.54 Å². The lowest BCUT2D eigenvalue weighted by Crippen LogP contribution is -2.22. The van der Waals surface area contributed by atoms with Crippen LogP contribution in [-0.4, -0.2) is 6.54 Å². The van der Waals surface area contributed by atoms with Crippen LogP contribution >= 0.6 is 38.9 Å². The second-order valence-electron chi connectivity index (χ2n) is 3.92. The van der Waals surface area contributed by atoms with Crippen LogP contribution in [0.3, 0.4) is 0 Å². The molecule has 1 heterocycles. The Labute approximate surface area is 127 Å². The molecule has 0 fully saturated rings. The first kappa shape index (κ1) is 14.9. The van der Waals surface area contributed by atoms with Crippen LogP contribution in [-0.2, 0) is 0 Å². The summed E-state index contributed by atoms with van der Waals surface area (Å²) in [5.74, 6) is -0.939. The highest BCUT2D eigenvalue weighted by Gasteiger charge is 2.20. The molecule has 0 aliphatic heterocycles. The molecule has 0 aliphatic rings. The quantitative estimate of drug-likeness (QED) is 0.739. The van der Waals surface area contributed by atoms with E-state index in [1.165, 1.54) is 17.4 Å². The van der Waals surface area contributed by atoms with Crippen molar-refractivity contribution in [3.05, 3.63) is 55.1 Å². The van der Waals surface area contributed by atoms with E-state index in [0.29, 0.717) is 10.9 Å². The average Bonchev–Trinajstić information content (AvgIpc) is 2.78. The highest BCUT2D eigenvalue weighted by Crippen LogP contribution is 2.33. The fraction of sp³-hybridized carbons (Fsp3) is 0.231. The Kier molecular flexibility index (Phi) is 4.95. The fourth-order valence-electron chi connectivity index (χ4n) is 1.81. The average molecular weight is 367 g/mol. The molecule has 2 rings (SSSR count). The van der Waals surface area contributed by atoms with Gasteiger partial charge in [-0.25, -0.2) is 8.78 Å². The second kappa shape index (κ2) is 6.31. The van der Waals surface area contributed by atoms with E-state index in [2.05, 4.69) is 21.2 Å². The van der Waals surface area contributed by atoms with Crippen LogP contribution in [0, 0.1) is 11.6 Å². The summed E-state index contributed by atoms with van der Waals surface area (Å²) in [4.78, 5) is 0.854. The van der Waals surface area contributed by atoms with E-state index in [0.717, 1.165) is 10.9 Å². The minimum absolute atomic E-state index is 0.119. The molecule has 1 aromatic heterocycles. The van der Waals surface area contributed by atoms with Crippen molar-refractivity contribution in [3.8, 4) is 0 Å². The lowest BCUT2D eigenvalue weighted by atomic mass is 10.0. The Morgan fingerprint density at radius 1 is 1.32 bits per heavy atom. The van der Waals surface area contributed by atoms with Crippen molar-refractivity contribution in [2.45, 2.75) is 13.0 Å². The van der Waals surface area contributed by atoms with Crippen molar-refractivity contribution in [2.24, 2.45) is 0 Å². The fourth-order valence-corrected chi connectivity index (χ4v) is 3.28. The minimum Gasteiger partial charge on any atom is -0.306 e. The summed E-state index contributed by atoms with van der Waals surface area (Å²) in [7, 11) is 0. The number of hydrogen-bond donors (Lipinski definition) is 1. The standard InChI is InChI=1S/C13H11BrClF2NS/c1-2-18-13(11-3-4-12(15)19-11)7-5-10(17)8(14)6-9(7)16/h3-6,13,18H,2H2,1H3. The Hall–Kier alpha value is -0.490. The third-order valence-electron chi connectivity index (χ3n) is 2.64. The molecule has 0 bridgehead atoms. The molecule has 0 amide bonds. The molecule has 0 spiro atoms. The van der Waals surface area contributed by atoms with Crippen LogP contribution in [0.5, 0.6) is 0 Å². The summed E-state index contributed by atoms with van der Waals surface area (Å²) in [5, 5.41) is 3.15. The first-order chi connectivity index (χ1) is 9.02. The van der Waals surface area contributed by atoms with Crippen molar-refractivity contribution in [3.63, 3.8) is 0 Å². The number of thiophene rings is 1. The van der Waals surface area contributed by atoms with E-state index in [4.69, 9.17) is 11.6 Å². The summed E-state index contributed by atoms with van der Waals surface area (Å²) in [6.45, 7) is 2.55. The second-order valence-corrected chi connectivity index (χ2v) is 6.52. The third-order valence-corrected chi connectivity index (χ3v) is 4.54. The number of rotatable bonds is 4. The molecular weight excluding hydrogens is 356 g/mol. The Morgan fingerprint density at radius 2 is 2.05 bits per heavy atom. The number of hydrogen-bond acceptors (Lipinski definition) is 2. The monoisotopic (exact) mass is 365 g/mol. The summed E-state index contributed by atoms with van der Waals surface area (Å²) in [6, 6.07) is 5.52. The predicted octanol–water partition coefficient (Wildman–Crippen LogP) is 5.14. The van der Waals surface area contributed by atoms with E-state index in [-0.39, 0.29) is 10.0 Å². The summed E-state index contributed by atoms with van der Waals surface area (Å²) in [6.07, 6.45) is 0. The van der Waals surface area contributed by atoms with Gasteiger partial charge in [0.15, 0.2) is 0 Å². The van der Waals surface area contributed by atoms with Crippen molar-refractivity contribution >= 4 is 38.9 Å². The molecule has 1 nitrogen and oxygen atoms in total. The molecule has 1 unspecified atom stereocenters. The SMILES string of the molecule is CCNC(c1ccc(Cl)s1)c1cc(F)c(Br)cc1F. The number of benzene rings is 1. The Morgan fingerprint density at radius 3 is 2.63 bits per heavy atom. The maximum Gasteiger partial charge on any atom is 0.137 e. The van der Waals surface area contributed by atoms with Gasteiger partial charge in [0.2, 0.25) is 0 Å². The molecule has 0 radical (unpaired) electrons.